The molecule has 9 heteroatoms. The van der Waals surface area contributed by atoms with Gasteiger partial charge in [-0.2, -0.15) is 0 Å². The molecule has 0 bridgehead atoms. The molecule has 0 N–H and O–H groups in total. The quantitative estimate of drug-likeness (QED) is 0.253. The van der Waals surface area contributed by atoms with Crippen LogP contribution in [0.4, 0.5) is 0 Å². The fraction of sp³-hybridized carbons (Fsp3) is 0.120. The van der Waals surface area contributed by atoms with Crippen molar-refractivity contribution in [3.05, 3.63) is 104 Å². The molecule has 2 aromatic carbocycles. The Hall–Kier alpha value is -3.62. The second-order valence-electron chi connectivity index (χ2n) is 7.43. The number of para-hydroxylation sites is 1. The van der Waals surface area contributed by atoms with Crippen LogP contribution < -0.4 is 15.9 Å². The molecule has 0 amide bonds. The third-order valence-electron chi connectivity index (χ3n) is 5.18. The van der Waals surface area contributed by atoms with Crippen LogP contribution in [0.25, 0.3) is 22.2 Å². The van der Waals surface area contributed by atoms with Gasteiger partial charge in [0.2, 0.25) is 0 Å². The van der Waals surface area contributed by atoms with Crippen molar-refractivity contribution < 1.29 is 4.74 Å². The van der Waals surface area contributed by atoms with Crippen LogP contribution in [-0.2, 0) is 5.75 Å². The summed E-state index contributed by atoms with van der Waals surface area (Å²) in [7, 11) is 0. The molecule has 5 aromatic rings. The molecule has 0 aliphatic carbocycles. The van der Waals surface area contributed by atoms with Gasteiger partial charge in [0.15, 0.2) is 5.16 Å². The van der Waals surface area contributed by atoms with E-state index in [1.54, 1.807) is 22.8 Å². The molecule has 0 atom stereocenters. The van der Waals surface area contributed by atoms with E-state index >= 15 is 0 Å². The van der Waals surface area contributed by atoms with E-state index in [1.807, 2.05) is 49.4 Å². The van der Waals surface area contributed by atoms with E-state index < -0.39 is 0 Å². The Balaban J connectivity index is 1.57. The highest BCUT2D eigenvalue weighted by molar-refractivity contribution is 7.98. The Morgan fingerprint density at radius 1 is 1.00 bits per heavy atom. The zero-order valence-corrected chi connectivity index (χ0v) is 19.7. The van der Waals surface area contributed by atoms with Crippen molar-refractivity contribution in [2.45, 2.75) is 17.8 Å². The van der Waals surface area contributed by atoms with Gasteiger partial charge in [0, 0.05) is 18.0 Å². The molecule has 34 heavy (non-hydrogen) atoms. The maximum Gasteiger partial charge on any atom is 0.266 e. The van der Waals surface area contributed by atoms with E-state index in [-0.39, 0.29) is 11.1 Å². The fourth-order valence-corrected chi connectivity index (χ4v) is 4.70. The highest BCUT2D eigenvalue weighted by Gasteiger charge is 2.14. The molecule has 0 unspecified atom stereocenters. The lowest BCUT2D eigenvalue weighted by Crippen LogP contribution is -2.22. The fourth-order valence-electron chi connectivity index (χ4n) is 3.63. The standard InChI is InChI=1S/C25H19ClN4O3S/c1-2-33-19-10-8-18(9-11-19)30-24(32)20-5-3-4-6-21(20)28-25(30)34-15-17-13-23(31)29-14-16(26)7-12-22(29)27-17/h3-14H,2,15H2,1H3. The first-order valence-corrected chi connectivity index (χ1v) is 12.0. The highest BCUT2D eigenvalue weighted by atomic mass is 35.5. The lowest BCUT2D eigenvalue weighted by atomic mass is 10.2. The van der Waals surface area contributed by atoms with Crippen LogP contribution in [0.1, 0.15) is 12.6 Å². The topological polar surface area (TPSA) is 78.5 Å². The molecule has 170 valence electrons. The molecule has 3 aromatic heterocycles. The second kappa shape index (κ2) is 9.32. The molecule has 0 fully saturated rings. The van der Waals surface area contributed by atoms with Crippen molar-refractivity contribution in [3.8, 4) is 11.4 Å². The van der Waals surface area contributed by atoms with Gasteiger partial charge in [-0.25, -0.2) is 9.97 Å². The number of fused-ring (bicyclic) bond motifs is 2. The number of pyridine rings is 1. The van der Waals surface area contributed by atoms with Crippen molar-refractivity contribution in [3.63, 3.8) is 0 Å². The lowest BCUT2D eigenvalue weighted by Gasteiger charge is -2.14. The summed E-state index contributed by atoms with van der Waals surface area (Å²) in [6.07, 6.45) is 1.54. The predicted molar refractivity (Wildman–Crippen MR) is 135 cm³/mol. The largest absolute Gasteiger partial charge is 0.494 e. The van der Waals surface area contributed by atoms with E-state index in [0.29, 0.717) is 50.5 Å². The van der Waals surface area contributed by atoms with Gasteiger partial charge in [-0.05, 0) is 55.5 Å². The number of hydrogen-bond donors (Lipinski definition) is 0. The summed E-state index contributed by atoms with van der Waals surface area (Å²) in [4.78, 5) is 35.3. The van der Waals surface area contributed by atoms with E-state index in [0.717, 1.165) is 5.75 Å². The smallest absolute Gasteiger partial charge is 0.266 e. The van der Waals surface area contributed by atoms with Crippen LogP contribution >= 0.6 is 23.4 Å². The summed E-state index contributed by atoms with van der Waals surface area (Å²) < 4.78 is 8.51. The molecule has 7 nitrogen and oxygen atoms in total. The number of halogens is 1. The minimum Gasteiger partial charge on any atom is -0.494 e. The van der Waals surface area contributed by atoms with Gasteiger partial charge in [-0.3, -0.25) is 18.6 Å². The maximum atomic E-state index is 13.4. The summed E-state index contributed by atoms with van der Waals surface area (Å²) in [5.41, 5.74) is 1.98. The Labute approximate surface area is 203 Å². The van der Waals surface area contributed by atoms with E-state index in [2.05, 4.69) is 4.98 Å². The third kappa shape index (κ3) is 4.30. The van der Waals surface area contributed by atoms with Crippen LogP contribution in [0.5, 0.6) is 5.75 Å². The first kappa shape index (κ1) is 22.2. The maximum absolute atomic E-state index is 13.4. The SMILES string of the molecule is CCOc1ccc(-n2c(SCc3cc(=O)n4cc(Cl)ccc4n3)nc3ccccc3c2=O)cc1. The molecule has 5 rings (SSSR count). The molecule has 0 saturated heterocycles. The van der Waals surface area contributed by atoms with E-state index in [4.69, 9.17) is 21.3 Å². The summed E-state index contributed by atoms with van der Waals surface area (Å²) in [6, 6.07) is 19.4. The van der Waals surface area contributed by atoms with Crippen molar-refractivity contribution in [2.24, 2.45) is 0 Å². The normalized spacial score (nSPS) is 11.2. The minimum absolute atomic E-state index is 0.168. The summed E-state index contributed by atoms with van der Waals surface area (Å²) in [5, 5.41) is 1.49. The van der Waals surface area contributed by atoms with Crippen molar-refractivity contribution in [1.82, 2.24) is 18.9 Å². The second-order valence-corrected chi connectivity index (χ2v) is 8.81. The monoisotopic (exact) mass is 490 g/mol. The Morgan fingerprint density at radius 2 is 1.79 bits per heavy atom. The first-order chi connectivity index (χ1) is 16.5. The molecule has 0 aliphatic rings. The average Bonchev–Trinajstić information content (AvgIpc) is 2.84. The van der Waals surface area contributed by atoms with E-state index in [1.165, 1.54) is 28.4 Å². The molecular formula is C25H19ClN4O3S. The molecule has 3 heterocycles. The molecule has 0 spiro atoms. The predicted octanol–water partition coefficient (Wildman–Crippen LogP) is 4.74. The summed E-state index contributed by atoms with van der Waals surface area (Å²) in [5.74, 6) is 1.08. The number of thioether (sulfide) groups is 1. The van der Waals surface area contributed by atoms with Gasteiger partial charge in [0.25, 0.3) is 11.1 Å². The van der Waals surface area contributed by atoms with Crippen LogP contribution in [0.3, 0.4) is 0 Å². The molecular weight excluding hydrogens is 472 g/mol. The van der Waals surface area contributed by atoms with Crippen LogP contribution in [0, 0.1) is 0 Å². The van der Waals surface area contributed by atoms with Gasteiger partial charge in [0.1, 0.15) is 11.4 Å². The van der Waals surface area contributed by atoms with Crippen LogP contribution in [0.15, 0.2) is 87.7 Å². The first-order valence-electron chi connectivity index (χ1n) is 10.6. The molecule has 0 saturated carbocycles. The highest BCUT2D eigenvalue weighted by Crippen LogP contribution is 2.25. The van der Waals surface area contributed by atoms with Gasteiger partial charge in [-0.1, -0.05) is 35.5 Å². The zero-order valence-electron chi connectivity index (χ0n) is 18.1. The average molecular weight is 491 g/mol. The number of hydrogen-bond acceptors (Lipinski definition) is 6. The Morgan fingerprint density at radius 3 is 2.59 bits per heavy atom. The number of benzene rings is 2. The van der Waals surface area contributed by atoms with Gasteiger partial charge >= 0.3 is 0 Å². The van der Waals surface area contributed by atoms with Gasteiger partial charge < -0.3 is 4.74 Å². The zero-order chi connectivity index (χ0) is 23.7. The van der Waals surface area contributed by atoms with E-state index in [9.17, 15) is 9.59 Å². The van der Waals surface area contributed by atoms with Gasteiger partial charge in [-0.15, -0.1) is 0 Å². The summed E-state index contributed by atoms with van der Waals surface area (Å²) in [6.45, 7) is 2.48. The van der Waals surface area contributed by atoms with Crippen molar-refractivity contribution >= 4 is 39.9 Å². The lowest BCUT2D eigenvalue weighted by molar-refractivity contribution is 0.340. The summed E-state index contributed by atoms with van der Waals surface area (Å²) >= 11 is 7.34. The number of nitrogens with zero attached hydrogens (tertiary/aromatic N) is 4. The number of aromatic nitrogens is 4. The Kier molecular flexibility index (Phi) is 6.08. The van der Waals surface area contributed by atoms with Crippen LogP contribution in [-0.4, -0.2) is 25.5 Å². The van der Waals surface area contributed by atoms with Gasteiger partial charge in [0.05, 0.1) is 33.9 Å². The molecule has 0 radical (unpaired) electrons. The minimum atomic E-state index is -0.224. The van der Waals surface area contributed by atoms with Crippen molar-refractivity contribution in [1.29, 1.82) is 0 Å². The van der Waals surface area contributed by atoms with Crippen molar-refractivity contribution in [2.75, 3.05) is 6.61 Å². The third-order valence-corrected chi connectivity index (χ3v) is 6.37. The number of ether oxygens (including phenoxy) is 1. The number of rotatable bonds is 6. The molecule has 0 aliphatic heterocycles. The van der Waals surface area contributed by atoms with Crippen LogP contribution in [0.2, 0.25) is 5.02 Å². The Bertz CT molecular complexity index is 1630.